The van der Waals surface area contributed by atoms with E-state index in [9.17, 15) is 14.7 Å². The molecule has 0 aromatic carbocycles. The van der Waals surface area contributed by atoms with Crippen LogP contribution in [-0.4, -0.2) is 28.3 Å². The first-order chi connectivity index (χ1) is 9.47. The van der Waals surface area contributed by atoms with Crippen LogP contribution < -0.4 is 5.32 Å². The summed E-state index contributed by atoms with van der Waals surface area (Å²) in [6, 6.07) is 0. The number of rotatable bonds is 4. The number of amides is 1. The van der Waals surface area contributed by atoms with Crippen LogP contribution in [0.1, 0.15) is 73.1 Å². The van der Waals surface area contributed by atoms with Crippen LogP contribution in [0.2, 0.25) is 0 Å². The van der Waals surface area contributed by atoms with Gasteiger partial charge in [0.25, 0.3) is 0 Å². The summed E-state index contributed by atoms with van der Waals surface area (Å²) in [5, 5.41) is 12.2. The molecule has 0 aliphatic heterocycles. The fourth-order valence-corrected chi connectivity index (χ4v) is 3.17. The largest absolute Gasteiger partial charge is 0.481 e. The molecular formula is C16H29NO4. The zero-order valence-corrected chi connectivity index (χ0v) is 13.9. The van der Waals surface area contributed by atoms with Gasteiger partial charge < -0.3 is 15.2 Å². The molecular weight excluding hydrogens is 270 g/mol. The van der Waals surface area contributed by atoms with Gasteiger partial charge in [0, 0.05) is 5.54 Å². The number of hydrogen-bond donors (Lipinski definition) is 2. The summed E-state index contributed by atoms with van der Waals surface area (Å²) in [4.78, 5) is 23.4. The third-order valence-corrected chi connectivity index (χ3v) is 4.34. The summed E-state index contributed by atoms with van der Waals surface area (Å²) in [5.74, 6) is -0.837. The summed E-state index contributed by atoms with van der Waals surface area (Å²) in [6.07, 6.45) is 4.29. The Morgan fingerprint density at radius 1 is 1.10 bits per heavy atom. The second-order valence-corrected chi connectivity index (χ2v) is 7.72. The van der Waals surface area contributed by atoms with Gasteiger partial charge in [0.2, 0.25) is 0 Å². The Labute approximate surface area is 127 Å². The van der Waals surface area contributed by atoms with Gasteiger partial charge in [-0.15, -0.1) is 0 Å². The average Bonchev–Trinajstić information content (AvgIpc) is 2.25. The van der Waals surface area contributed by atoms with Gasteiger partial charge in [-0.2, -0.15) is 0 Å². The lowest BCUT2D eigenvalue weighted by Crippen LogP contribution is -2.60. The zero-order valence-electron chi connectivity index (χ0n) is 13.9. The normalized spacial score (nSPS) is 18.9. The Balaban J connectivity index is 2.93. The molecule has 5 heteroatoms. The first-order valence-corrected chi connectivity index (χ1v) is 7.70. The Bertz CT molecular complexity index is 390. The summed E-state index contributed by atoms with van der Waals surface area (Å²) in [6.45, 7) is 9.31. The SMILES string of the molecule is CC(C)(C)OC(=O)NC1(C(C)(C)CC(=O)O)CCCCC1. The van der Waals surface area contributed by atoms with Gasteiger partial charge in [-0.05, 0) is 39.0 Å². The standard InChI is InChI=1S/C16H29NO4/c1-14(2,3)21-13(20)17-16(9-7-6-8-10-16)15(4,5)11-12(18)19/h6-11H2,1-5H3,(H,17,20)(H,18,19). The number of carbonyl (C=O) groups is 2. The van der Waals surface area contributed by atoms with Crippen molar-refractivity contribution in [1.82, 2.24) is 5.32 Å². The monoisotopic (exact) mass is 299 g/mol. The van der Waals surface area contributed by atoms with E-state index < -0.39 is 28.6 Å². The number of carbonyl (C=O) groups excluding carboxylic acids is 1. The molecule has 2 N–H and O–H groups in total. The molecule has 1 aliphatic carbocycles. The highest BCUT2D eigenvalue weighted by atomic mass is 16.6. The van der Waals surface area contributed by atoms with Crippen LogP contribution in [-0.2, 0) is 9.53 Å². The number of hydrogen-bond acceptors (Lipinski definition) is 3. The van der Waals surface area contributed by atoms with Crippen molar-refractivity contribution in [2.75, 3.05) is 0 Å². The average molecular weight is 299 g/mol. The van der Waals surface area contributed by atoms with Crippen molar-refractivity contribution in [2.45, 2.75) is 84.3 Å². The first kappa shape index (κ1) is 17.8. The summed E-state index contributed by atoms with van der Waals surface area (Å²) in [7, 11) is 0. The smallest absolute Gasteiger partial charge is 0.408 e. The highest BCUT2D eigenvalue weighted by Gasteiger charge is 2.48. The van der Waals surface area contributed by atoms with Crippen LogP contribution in [0.5, 0.6) is 0 Å². The quantitative estimate of drug-likeness (QED) is 0.829. The molecule has 1 fully saturated rings. The summed E-state index contributed by atoms with van der Waals surface area (Å²) in [5.41, 5.74) is -1.58. The van der Waals surface area contributed by atoms with Crippen molar-refractivity contribution in [3.05, 3.63) is 0 Å². The van der Waals surface area contributed by atoms with Gasteiger partial charge in [-0.1, -0.05) is 33.1 Å². The minimum atomic E-state index is -0.837. The highest BCUT2D eigenvalue weighted by Crippen LogP contribution is 2.44. The molecule has 5 nitrogen and oxygen atoms in total. The third kappa shape index (κ3) is 4.90. The van der Waals surface area contributed by atoms with Crippen LogP contribution in [0.15, 0.2) is 0 Å². The molecule has 1 rings (SSSR count). The topological polar surface area (TPSA) is 75.6 Å². The lowest BCUT2D eigenvalue weighted by molar-refractivity contribution is -0.141. The van der Waals surface area contributed by atoms with E-state index in [0.29, 0.717) is 0 Å². The van der Waals surface area contributed by atoms with Crippen molar-refractivity contribution >= 4 is 12.1 Å². The lowest BCUT2D eigenvalue weighted by atomic mass is 9.63. The lowest BCUT2D eigenvalue weighted by Gasteiger charge is -2.49. The molecule has 0 unspecified atom stereocenters. The summed E-state index contributed by atoms with van der Waals surface area (Å²) >= 11 is 0. The van der Waals surface area contributed by atoms with E-state index in [1.165, 1.54) is 0 Å². The molecule has 0 aromatic rings. The van der Waals surface area contributed by atoms with Gasteiger partial charge in [-0.25, -0.2) is 4.79 Å². The van der Waals surface area contributed by atoms with Crippen molar-refractivity contribution in [3.8, 4) is 0 Å². The summed E-state index contributed by atoms with van der Waals surface area (Å²) < 4.78 is 5.37. The molecule has 1 saturated carbocycles. The number of alkyl carbamates (subject to hydrolysis) is 1. The predicted molar refractivity (Wildman–Crippen MR) is 81.2 cm³/mol. The Hall–Kier alpha value is -1.26. The fourth-order valence-electron chi connectivity index (χ4n) is 3.17. The highest BCUT2D eigenvalue weighted by molar-refractivity contribution is 5.70. The molecule has 122 valence electrons. The van der Waals surface area contributed by atoms with Gasteiger partial charge in [0.05, 0.1) is 6.42 Å². The molecule has 1 amide bonds. The number of carboxylic acid groups (broad SMARTS) is 1. The zero-order chi connectivity index (χ0) is 16.3. The number of aliphatic carboxylic acids is 1. The van der Waals surface area contributed by atoms with E-state index in [4.69, 9.17) is 4.74 Å². The van der Waals surface area contributed by atoms with Gasteiger partial charge >= 0.3 is 12.1 Å². The predicted octanol–water partition coefficient (Wildman–Crippen LogP) is 3.71. The van der Waals surface area contributed by atoms with Crippen molar-refractivity contribution < 1.29 is 19.4 Å². The molecule has 0 aromatic heterocycles. The third-order valence-electron chi connectivity index (χ3n) is 4.34. The Kier molecular flexibility index (Phi) is 5.29. The minimum Gasteiger partial charge on any atom is -0.481 e. The van der Waals surface area contributed by atoms with E-state index in [-0.39, 0.29) is 6.42 Å². The number of ether oxygens (including phenoxy) is 1. The molecule has 0 spiro atoms. The van der Waals surface area contributed by atoms with E-state index in [2.05, 4.69) is 5.32 Å². The van der Waals surface area contributed by atoms with Crippen LogP contribution >= 0.6 is 0 Å². The minimum absolute atomic E-state index is 0.0306. The van der Waals surface area contributed by atoms with Gasteiger partial charge in [0.1, 0.15) is 5.60 Å². The second kappa shape index (κ2) is 6.24. The molecule has 1 aliphatic rings. The fraction of sp³-hybridized carbons (Fsp3) is 0.875. The van der Waals surface area contributed by atoms with E-state index in [1.807, 2.05) is 34.6 Å². The van der Waals surface area contributed by atoms with E-state index in [1.54, 1.807) is 0 Å². The number of carboxylic acids is 1. The van der Waals surface area contributed by atoms with E-state index >= 15 is 0 Å². The maximum atomic E-state index is 12.2. The molecule has 0 saturated heterocycles. The second-order valence-electron chi connectivity index (χ2n) is 7.72. The van der Waals surface area contributed by atoms with E-state index in [0.717, 1.165) is 32.1 Å². The molecule has 0 bridgehead atoms. The Morgan fingerprint density at radius 3 is 2.05 bits per heavy atom. The van der Waals surface area contributed by atoms with Crippen LogP contribution in [0.4, 0.5) is 4.79 Å². The maximum Gasteiger partial charge on any atom is 0.408 e. The molecule has 0 atom stereocenters. The molecule has 0 radical (unpaired) electrons. The van der Waals surface area contributed by atoms with Crippen LogP contribution in [0.25, 0.3) is 0 Å². The number of nitrogens with one attached hydrogen (secondary N) is 1. The van der Waals surface area contributed by atoms with Crippen molar-refractivity contribution in [1.29, 1.82) is 0 Å². The van der Waals surface area contributed by atoms with Crippen LogP contribution in [0, 0.1) is 5.41 Å². The molecule has 0 heterocycles. The van der Waals surface area contributed by atoms with Gasteiger partial charge in [0.15, 0.2) is 0 Å². The van der Waals surface area contributed by atoms with Crippen LogP contribution in [0.3, 0.4) is 0 Å². The van der Waals surface area contributed by atoms with Crippen molar-refractivity contribution in [3.63, 3.8) is 0 Å². The first-order valence-electron chi connectivity index (χ1n) is 7.70. The Morgan fingerprint density at radius 2 is 1.62 bits per heavy atom. The maximum absolute atomic E-state index is 12.2. The van der Waals surface area contributed by atoms with Gasteiger partial charge in [-0.3, -0.25) is 4.79 Å². The molecule has 21 heavy (non-hydrogen) atoms. The van der Waals surface area contributed by atoms with Crippen molar-refractivity contribution in [2.24, 2.45) is 5.41 Å².